The van der Waals surface area contributed by atoms with Crippen molar-refractivity contribution >= 4 is 11.9 Å². The molecule has 0 aliphatic carbocycles. The van der Waals surface area contributed by atoms with Gasteiger partial charge in [-0.05, 0) is 6.92 Å². The number of carbonyl (C=O) groups is 2. The molecule has 1 atom stereocenters. The standard InChI is InChI=1S/C9H15NO3/c1-8(2,3)9(4)7(12)10-5-6(11)13-9/h5H2,1-4H3,(H,10,12)/t9-/m0/s1. The van der Waals surface area contributed by atoms with Gasteiger partial charge < -0.3 is 10.1 Å². The smallest absolute Gasteiger partial charge is 0.326 e. The Balaban J connectivity index is 2.98. The molecule has 1 rings (SSSR count). The first-order chi connectivity index (χ1) is 5.77. The van der Waals surface area contributed by atoms with E-state index in [2.05, 4.69) is 5.32 Å². The molecule has 1 fully saturated rings. The van der Waals surface area contributed by atoms with Crippen molar-refractivity contribution in [3.63, 3.8) is 0 Å². The van der Waals surface area contributed by atoms with Gasteiger partial charge in [0.15, 0.2) is 5.60 Å². The predicted octanol–water partition coefficient (Wildman–Crippen LogP) is 0.464. The largest absolute Gasteiger partial charge is 0.447 e. The van der Waals surface area contributed by atoms with E-state index in [4.69, 9.17) is 4.74 Å². The van der Waals surface area contributed by atoms with Crippen LogP contribution in [-0.4, -0.2) is 24.0 Å². The summed E-state index contributed by atoms with van der Waals surface area (Å²) in [5.74, 6) is -0.600. The zero-order valence-corrected chi connectivity index (χ0v) is 8.43. The molecule has 4 heteroatoms. The summed E-state index contributed by atoms with van der Waals surface area (Å²) in [4.78, 5) is 22.6. The van der Waals surface area contributed by atoms with E-state index in [9.17, 15) is 9.59 Å². The molecule has 13 heavy (non-hydrogen) atoms. The van der Waals surface area contributed by atoms with E-state index in [1.807, 2.05) is 20.8 Å². The van der Waals surface area contributed by atoms with Crippen molar-refractivity contribution in [1.82, 2.24) is 5.32 Å². The number of carbonyl (C=O) groups excluding carboxylic acids is 2. The summed E-state index contributed by atoms with van der Waals surface area (Å²) in [7, 11) is 0. The van der Waals surface area contributed by atoms with Gasteiger partial charge in [-0.1, -0.05) is 20.8 Å². The second kappa shape index (κ2) is 2.72. The molecule has 0 aromatic heterocycles. The lowest BCUT2D eigenvalue weighted by Gasteiger charge is -2.41. The van der Waals surface area contributed by atoms with Gasteiger partial charge in [-0.3, -0.25) is 9.59 Å². The first-order valence-corrected chi connectivity index (χ1v) is 4.27. The molecule has 1 amide bonds. The summed E-state index contributed by atoms with van der Waals surface area (Å²) >= 11 is 0. The van der Waals surface area contributed by atoms with Gasteiger partial charge in [0.2, 0.25) is 0 Å². The molecule has 0 saturated carbocycles. The van der Waals surface area contributed by atoms with E-state index in [0.29, 0.717) is 0 Å². The van der Waals surface area contributed by atoms with Gasteiger partial charge in [-0.2, -0.15) is 0 Å². The van der Waals surface area contributed by atoms with Gasteiger partial charge in [0.05, 0.1) is 0 Å². The van der Waals surface area contributed by atoms with Gasteiger partial charge in [-0.15, -0.1) is 0 Å². The normalized spacial score (nSPS) is 29.5. The quantitative estimate of drug-likeness (QED) is 0.558. The molecule has 1 saturated heterocycles. The number of esters is 1. The maximum absolute atomic E-state index is 11.5. The summed E-state index contributed by atoms with van der Waals surface area (Å²) in [5.41, 5.74) is -1.45. The minimum atomic E-state index is -1.05. The van der Waals surface area contributed by atoms with Crippen molar-refractivity contribution in [1.29, 1.82) is 0 Å². The van der Waals surface area contributed by atoms with Crippen molar-refractivity contribution in [2.45, 2.75) is 33.3 Å². The van der Waals surface area contributed by atoms with E-state index < -0.39 is 11.0 Å². The van der Waals surface area contributed by atoms with Crippen LogP contribution in [0.4, 0.5) is 0 Å². The summed E-state index contributed by atoms with van der Waals surface area (Å²) in [6.07, 6.45) is 0. The third-order valence-electron chi connectivity index (χ3n) is 2.58. The Hall–Kier alpha value is -1.06. The third kappa shape index (κ3) is 1.53. The van der Waals surface area contributed by atoms with Gasteiger partial charge >= 0.3 is 5.97 Å². The Morgan fingerprint density at radius 3 is 2.31 bits per heavy atom. The zero-order valence-electron chi connectivity index (χ0n) is 8.43. The van der Waals surface area contributed by atoms with Crippen molar-refractivity contribution in [3.05, 3.63) is 0 Å². The second-order valence-electron chi connectivity index (χ2n) is 4.44. The molecular formula is C9H15NO3. The highest BCUT2D eigenvalue weighted by Gasteiger charge is 2.50. The number of cyclic esters (lactones) is 1. The van der Waals surface area contributed by atoms with Crippen molar-refractivity contribution < 1.29 is 14.3 Å². The summed E-state index contributed by atoms with van der Waals surface area (Å²) in [6.45, 7) is 7.21. The second-order valence-corrected chi connectivity index (χ2v) is 4.44. The van der Waals surface area contributed by atoms with Crippen LogP contribution >= 0.6 is 0 Å². The molecule has 0 radical (unpaired) electrons. The lowest BCUT2D eigenvalue weighted by Crippen LogP contribution is -2.61. The molecule has 0 aromatic carbocycles. The van der Waals surface area contributed by atoms with Crippen molar-refractivity contribution in [2.24, 2.45) is 5.41 Å². The Labute approximate surface area is 77.6 Å². The van der Waals surface area contributed by atoms with Crippen LogP contribution in [0.2, 0.25) is 0 Å². The Bertz CT molecular complexity index is 254. The number of ether oxygens (including phenoxy) is 1. The topological polar surface area (TPSA) is 55.4 Å². The first kappa shape index (κ1) is 10.0. The Morgan fingerprint density at radius 1 is 1.38 bits per heavy atom. The maximum Gasteiger partial charge on any atom is 0.326 e. The fraction of sp³-hybridized carbons (Fsp3) is 0.778. The summed E-state index contributed by atoms with van der Waals surface area (Å²) in [6, 6.07) is 0. The summed E-state index contributed by atoms with van der Waals surface area (Å²) < 4.78 is 5.10. The predicted molar refractivity (Wildman–Crippen MR) is 47.0 cm³/mol. The number of rotatable bonds is 0. The van der Waals surface area contributed by atoms with Gasteiger partial charge in [0.25, 0.3) is 5.91 Å². The zero-order chi connectivity index (χ0) is 10.3. The summed E-state index contributed by atoms with van der Waals surface area (Å²) in [5, 5.41) is 2.52. The van der Waals surface area contributed by atoms with Gasteiger partial charge in [0.1, 0.15) is 6.54 Å². The van der Waals surface area contributed by atoms with E-state index in [1.165, 1.54) is 0 Å². The van der Waals surface area contributed by atoms with Crippen molar-refractivity contribution in [3.8, 4) is 0 Å². The number of morpholine rings is 1. The highest BCUT2D eigenvalue weighted by molar-refractivity contribution is 5.94. The molecule has 0 spiro atoms. The lowest BCUT2D eigenvalue weighted by atomic mass is 9.76. The van der Waals surface area contributed by atoms with Crippen LogP contribution in [0.1, 0.15) is 27.7 Å². The number of nitrogens with one attached hydrogen (secondary N) is 1. The molecule has 1 aliphatic rings. The molecule has 1 N–H and O–H groups in total. The monoisotopic (exact) mass is 185 g/mol. The van der Waals surface area contributed by atoms with E-state index >= 15 is 0 Å². The molecular weight excluding hydrogens is 170 g/mol. The highest BCUT2D eigenvalue weighted by atomic mass is 16.6. The van der Waals surface area contributed by atoms with Crippen LogP contribution in [0.5, 0.6) is 0 Å². The average Bonchev–Trinajstić information content (AvgIpc) is 1.95. The number of amides is 1. The van der Waals surface area contributed by atoms with Crippen LogP contribution < -0.4 is 5.32 Å². The molecule has 74 valence electrons. The van der Waals surface area contributed by atoms with Crippen LogP contribution in [-0.2, 0) is 14.3 Å². The maximum atomic E-state index is 11.5. The first-order valence-electron chi connectivity index (χ1n) is 4.27. The van der Waals surface area contributed by atoms with Gasteiger partial charge in [0, 0.05) is 5.41 Å². The molecule has 0 aromatic rings. The van der Waals surface area contributed by atoms with Crippen molar-refractivity contribution in [2.75, 3.05) is 6.54 Å². The highest BCUT2D eigenvalue weighted by Crippen LogP contribution is 2.35. The fourth-order valence-electron chi connectivity index (χ4n) is 1.12. The minimum absolute atomic E-state index is 0.0233. The third-order valence-corrected chi connectivity index (χ3v) is 2.58. The van der Waals surface area contributed by atoms with Crippen LogP contribution in [0.25, 0.3) is 0 Å². The molecule has 0 unspecified atom stereocenters. The Morgan fingerprint density at radius 2 is 1.92 bits per heavy atom. The average molecular weight is 185 g/mol. The van der Waals surface area contributed by atoms with E-state index in [1.54, 1.807) is 6.92 Å². The minimum Gasteiger partial charge on any atom is -0.447 e. The molecule has 1 aliphatic heterocycles. The number of hydrogen-bond donors (Lipinski definition) is 1. The van der Waals surface area contributed by atoms with E-state index in [0.717, 1.165) is 0 Å². The number of hydrogen-bond acceptors (Lipinski definition) is 3. The van der Waals surface area contributed by atoms with Crippen LogP contribution in [0.3, 0.4) is 0 Å². The van der Waals surface area contributed by atoms with Crippen LogP contribution in [0.15, 0.2) is 0 Å². The fourth-order valence-corrected chi connectivity index (χ4v) is 1.12. The Kier molecular flexibility index (Phi) is 2.10. The van der Waals surface area contributed by atoms with Gasteiger partial charge in [-0.25, -0.2) is 0 Å². The SMILES string of the molecule is CC(C)(C)[C@@]1(C)OC(=O)CNC1=O. The molecule has 0 bridgehead atoms. The van der Waals surface area contributed by atoms with E-state index in [-0.39, 0.29) is 18.4 Å². The van der Waals surface area contributed by atoms with Crippen LogP contribution in [0, 0.1) is 5.41 Å². The lowest BCUT2D eigenvalue weighted by molar-refractivity contribution is -0.185. The molecule has 1 heterocycles. The molecule has 4 nitrogen and oxygen atoms in total.